The summed E-state index contributed by atoms with van der Waals surface area (Å²) in [6.45, 7) is 3.98. The van der Waals surface area contributed by atoms with Crippen molar-refractivity contribution in [3.05, 3.63) is 83.6 Å². The highest BCUT2D eigenvalue weighted by Gasteiger charge is 2.41. The molecule has 0 spiro atoms. The highest BCUT2D eigenvalue weighted by molar-refractivity contribution is 7.54. The summed E-state index contributed by atoms with van der Waals surface area (Å²) in [4.78, 5) is 0. The lowest BCUT2D eigenvalue weighted by Crippen LogP contribution is -2.15. The summed E-state index contributed by atoms with van der Waals surface area (Å²) in [6.07, 6.45) is 0. The minimum absolute atomic E-state index is 0.208. The first-order valence-electron chi connectivity index (χ1n) is 11.1. The number of furan rings is 1. The third kappa shape index (κ3) is 5.01. The second-order valence-electron chi connectivity index (χ2n) is 7.50. The van der Waals surface area contributed by atoms with E-state index in [-0.39, 0.29) is 13.2 Å². The van der Waals surface area contributed by atoms with E-state index in [1.165, 1.54) is 0 Å². The molecule has 0 saturated heterocycles. The molecule has 1 atom stereocenters. The van der Waals surface area contributed by atoms with Crippen molar-refractivity contribution >= 4 is 35.9 Å². The fraction of sp³-hybridized carbons (Fsp3) is 0.231. The van der Waals surface area contributed by atoms with Gasteiger partial charge in [0.05, 0.1) is 20.3 Å². The molecule has 0 aliphatic rings. The molecule has 3 aromatic carbocycles. The zero-order chi connectivity index (χ0) is 24.1. The quantitative estimate of drug-likeness (QED) is 0.222. The topological polar surface area (TPSA) is 69.9 Å². The lowest BCUT2D eigenvalue weighted by Gasteiger charge is -2.27. The number of hydrogen-bond donors (Lipinski definition) is 1. The van der Waals surface area contributed by atoms with E-state index in [4.69, 9.17) is 29.8 Å². The second kappa shape index (κ2) is 10.7. The maximum absolute atomic E-state index is 14.2. The highest BCUT2D eigenvalue weighted by atomic mass is 35.5. The Morgan fingerprint density at radius 2 is 1.71 bits per heavy atom. The van der Waals surface area contributed by atoms with Gasteiger partial charge in [-0.25, -0.2) is 0 Å². The van der Waals surface area contributed by atoms with Crippen molar-refractivity contribution in [1.29, 1.82) is 0 Å². The van der Waals surface area contributed by atoms with Gasteiger partial charge in [-0.1, -0.05) is 48.0 Å². The van der Waals surface area contributed by atoms with Crippen molar-refractivity contribution in [2.24, 2.45) is 0 Å². The van der Waals surface area contributed by atoms with Crippen molar-refractivity contribution in [2.45, 2.75) is 19.6 Å². The lowest BCUT2D eigenvalue weighted by atomic mass is 10.0. The fourth-order valence-electron chi connectivity index (χ4n) is 3.89. The molecule has 0 bridgehead atoms. The summed E-state index contributed by atoms with van der Waals surface area (Å²) in [5, 5.41) is 4.73. The van der Waals surface area contributed by atoms with Crippen LogP contribution < -0.4 is 10.1 Å². The summed E-state index contributed by atoms with van der Waals surface area (Å²) in [5.41, 5.74) is 2.98. The van der Waals surface area contributed by atoms with Crippen LogP contribution in [0.25, 0.3) is 22.1 Å². The second-order valence-corrected chi connectivity index (χ2v) is 10.1. The lowest BCUT2D eigenvalue weighted by molar-refractivity contribution is 0.212. The summed E-state index contributed by atoms with van der Waals surface area (Å²) in [6, 6.07) is 22.6. The van der Waals surface area contributed by atoms with Gasteiger partial charge in [0, 0.05) is 27.7 Å². The molecule has 4 rings (SSSR count). The predicted octanol–water partition coefficient (Wildman–Crippen LogP) is 8.14. The Morgan fingerprint density at radius 1 is 0.971 bits per heavy atom. The number of anilines is 1. The predicted molar refractivity (Wildman–Crippen MR) is 137 cm³/mol. The number of methoxy groups -OCH3 is 1. The van der Waals surface area contributed by atoms with Crippen LogP contribution in [0.2, 0.25) is 5.02 Å². The molecule has 0 aliphatic heterocycles. The number of halogens is 1. The molecule has 0 fully saturated rings. The normalized spacial score (nSPS) is 12.6. The number of benzene rings is 3. The van der Waals surface area contributed by atoms with Gasteiger partial charge in [0.2, 0.25) is 0 Å². The third-order valence-electron chi connectivity index (χ3n) is 5.30. The largest absolute Gasteiger partial charge is 0.497 e. The number of ether oxygens (including phenoxy) is 1. The van der Waals surface area contributed by atoms with Crippen LogP contribution in [-0.2, 0) is 13.6 Å². The van der Waals surface area contributed by atoms with Crippen LogP contribution in [0.4, 0.5) is 5.69 Å². The average molecular weight is 500 g/mol. The van der Waals surface area contributed by atoms with Crippen LogP contribution in [0.5, 0.6) is 5.75 Å². The summed E-state index contributed by atoms with van der Waals surface area (Å²) >= 11 is 6.23. The van der Waals surface area contributed by atoms with E-state index in [0.717, 1.165) is 16.5 Å². The minimum atomic E-state index is -3.73. The van der Waals surface area contributed by atoms with Gasteiger partial charge in [-0.2, -0.15) is 0 Å². The molecule has 0 aliphatic carbocycles. The molecule has 6 nitrogen and oxygen atoms in total. The molecule has 1 aromatic heterocycles. The maximum Gasteiger partial charge on any atom is 0.360 e. The van der Waals surface area contributed by atoms with E-state index < -0.39 is 13.4 Å². The molecule has 8 heteroatoms. The smallest absolute Gasteiger partial charge is 0.360 e. The van der Waals surface area contributed by atoms with Gasteiger partial charge in [-0.15, -0.1) is 0 Å². The van der Waals surface area contributed by atoms with Crippen LogP contribution in [-0.4, -0.2) is 20.3 Å². The standard InChI is InChI=1S/C26H27ClNO5P/c1-4-31-34(29,32-5-2)26(28-20-13-9-12-19(27)16-20)25-24(18-10-7-6-8-11-18)22-15-14-21(30-3)17-23(22)33-25/h6-17,26,28H,4-5H2,1-3H3. The first kappa shape index (κ1) is 24.4. The van der Waals surface area contributed by atoms with E-state index in [0.29, 0.717) is 27.8 Å². The van der Waals surface area contributed by atoms with Crippen molar-refractivity contribution < 1.29 is 22.8 Å². The Kier molecular flexibility index (Phi) is 7.64. The van der Waals surface area contributed by atoms with Crippen LogP contribution in [0.3, 0.4) is 0 Å². The molecule has 4 aromatic rings. The Balaban J connectivity index is 1.98. The third-order valence-corrected chi connectivity index (χ3v) is 7.76. The van der Waals surface area contributed by atoms with E-state index >= 15 is 0 Å². The van der Waals surface area contributed by atoms with E-state index in [1.54, 1.807) is 33.1 Å². The molecule has 1 N–H and O–H groups in total. The van der Waals surface area contributed by atoms with Crippen molar-refractivity contribution in [1.82, 2.24) is 0 Å². The number of hydrogen-bond acceptors (Lipinski definition) is 6. The minimum Gasteiger partial charge on any atom is -0.497 e. The van der Waals surface area contributed by atoms with Crippen LogP contribution in [0, 0.1) is 0 Å². The van der Waals surface area contributed by atoms with Crippen molar-refractivity contribution in [2.75, 3.05) is 25.6 Å². The van der Waals surface area contributed by atoms with Gasteiger partial charge in [-0.3, -0.25) is 4.57 Å². The molecule has 178 valence electrons. The van der Waals surface area contributed by atoms with E-state index in [2.05, 4.69) is 5.32 Å². The molecule has 1 heterocycles. The SMILES string of the molecule is CCOP(=O)(OCC)C(Nc1cccc(Cl)c1)c1oc2cc(OC)ccc2c1-c1ccccc1. The summed E-state index contributed by atoms with van der Waals surface area (Å²) in [7, 11) is -2.13. The Labute approximate surface area is 204 Å². The van der Waals surface area contributed by atoms with Crippen LogP contribution in [0.1, 0.15) is 25.4 Å². The first-order valence-corrected chi connectivity index (χ1v) is 13.0. The van der Waals surface area contributed by atoms with Crippen LogP contribution >= 0.6 is 19.2 Å². The van der Waals surface area contributed by atoms with Gasteiger partial charge in [-0.05, 0) is 49.7 Å². The monoisotopic (exact) mass is 499 g/mol. The van der Waals surface area contributed by atoms with Gasteiger partial charge in [0.15, 0.2) is 5.78 Å². The van der Waals surface area contributed by atoms with Gasteiger partial charge < -0.3 is 23.5 Å². The zero-order valence-corrected chi connectivity index (χ0v) is 20.9. The molecule has 0 amide bonds. The van der Waals surface area contributed by atoms with Gasteiger partial charge in [0.1, 0.15) is 17.1 Å². The number of rotatable bonds is 10. The van der Waals surface area contributed by atoms with Crippen molar-refractivity contribution in [3.8, 4) is 16.9 Å². The van der Waals surface area contributed by atoms with E-state index in [9.17, 15) is 4.57 Å². The molecule has 34 heavy (non-hydrogen) atoms. The molecular weight excluding hydrogens is 473 g/mol. The van der Waals surface area contributed by atoms with Crippen molar-refractivity contribution in [3.63, 3.8) is 0 Å². The van der Waals surface area contributed by atoms with Crippen LogP contribution in [0.15, 0.2) is 77.2 Å². The molecule has 0 saturated carbocycles. The summed E-state index contributed by atoms with van der Waals surface area (Å²) in [5.74, 6) is 0.170. The molecular formula is C26H27ClNO5P. The number of nitrogens with one attached hydrogen (secondary N) is 1. The molecule has 0 radical (unpaired) electrons. The Bertz CT molecular complexity index is 1300. The van der Waals surface area contributed by atoms with E-state index in [1.807, 2.05) is 60.7 Å². The first-order chi connectivity index (χ1) is 16.5. The molecule has 1 unspecified atom stereocenters. The van der Waals surface area contributed by atoms with Gasteiger partial charge >= 0.3 is 7.60 Å². The fourth-order valence-corrected chi connectivity index (χ4v) is 5.95. The number of fused-ring (bicyclic) bond motifs is 1. The summed E-state index contributed by atoms with van der Waals surface area (Å²) < 4.78 is 37.5. The Morgan fingerprint density at radius 3 is 2.35 bits per heavy atom. The maximum atomic E-state index is 14.2. The Hall–Kier alpha value is -2.76. The zero-order valence-electron chi connectivity index (χ0n) is 19.3. The van der Waals surface area contributed by atoms with Gasteiger partial charge in [0.25, 0.3) is 0 Å². The average Bonchev–Trinajstić information content (AvgIpc) is 3.21. The highest BCUT2D eigenvalue weighted by Crippen LogP contribution is 2.63.